The lowest BCUT2D eigenvalue weighted by atomic mass is 9.99. The lowest BCUT2D eigenvalue weighted by Gasteiger charge is -2.33. The summed E-state index contributed by atoms with van der Waals surface area (Å²) >= 11 is 0. The first-order valence-electron chi connectivity index (χ1n) is 6.94. The zero-order chi connectivity index (χ0) is 15.4. The van der Waals surface area contributed by atoms with Crippen LogP contribution in [0.4, 0.5) is 9.18 Å². The molecule has 0 aromatic heterocycles. The van der Waals surface area contributed by atoms with E-state index in [1.165, 1.54) is 17.0 Å². The fourth-order valence-electron chi connectivity index (χ4n) is 2.57. The third-order valence-electron chi connectivity index (χ3n) is 3.68. The molecule has 1 aromatic carbocycles. The number of nitrogens with zero attached hydrogens (tertiary/aromatic N) is 2. The van der Waals surface area contributed by atoms with Crippen molar-refractivity contribution in [1.82, 2.24) is 9.80 Å². The van der Waals surface area contributed by atoms with Gasteiger partial charge in [0.1, 0.15) is 5.82 Å². The maximum Gasteiger partial charge on any atom is 0.320 e. The second-order valence-corrected chi connectivity index (χ2v) is 5.39. The molecule has 1 aromatic rings. The summed E-state index contributed by atoms with van der Waals surface area (Å²) < 4.78 is 13.1. The molecule has 1 N–H and O–H groups in total. The molecule has 5 nitrogen and oxygen atoms in total. The molecule has 0 unspecified atom stereocenters. The normalized spacial score (nSPS) is 18.4. The number of aliphatic carboxylic acids is 1. The Labute approximate surface area is 123 Å². The van der Waals surface area contributed by atoms with E-state index in [9.17, 15) is 14.0 Å². The highest BCUT2D eigenvalue weighted by atomic mass is 19.1. The lowest BCUT2D eigenvalue weighted by molar-refractivity contribution is -0.143. The van der Waals surface area contributed by atoms with Crippen LogP contribution < -0.4 is 0 Å². The van der Waals surface area contributed by atoms with Gasteiger partial charge in [0.05, 0.1) is 5.92 Å². The molecule has 1 heterocycles. The van der Waals surface area contributed by atoms with Crippen LogP contribution in [0.5, 0.6) is 0 Å². The van der Waals surface area contributed by atoms with E-state index in [-0.39, 0.29) is 18.4 Å². The van der Waals surface area contributed by atoms with Crippen LogP contribution in [-0.4, -0.2) is 47.0 Å². The Morgan fingerprint density at radius 3 is 2.90 bits per heavy atom. The predicted octanol–water partition coefficient (Wildman–Crippen LogP) is 2.17. The van der Waals surface area contributed by atoms with E-state index in [0.717, 1.165) is 0 Å². The van der Waals surface area contributed by atoms with Crippen molar-refractivity contribution in [3.8, 4) is 0 Å². The Balaban J connectivity index is 1.97. The van der Waals surface area contributed by atoms with E-state index < -0.39 is 11.9 Å². The van der Waals surface area contributed by atoms with Gasteiger partial charge in [-0.2, -0.15) is 0 Å². The molecular formula is C15H19FN2O3. The van der Waals surface area contributed by atoms with Crippen molar-refractivity contribution in [1.29, 1.82) is 0 Å². The Morgan fingerprint density at radius 2 is 2.24 bits per heavy atom. The van der Waals surface area contributed by atoms with Gasteiger partial charge in [0.2, 0.25) is 0 Å². The fraction of sp³-hybridized carbons (Fsp3) is 0.467. The summed E-state index contributed by atoms with van der Waals surface area (Å²) in [4.78, 5) is 26.4. The molecule has 0 radical (unpaired) electrons. The van der Waals surface area contributed by atoms with Gasteiger partial charge in [-0.05, 0) is 30.5 Å². The molecule has 2 amide bonds. The number of halogens is 1. The minimum atomic E-state index is -0.861. The summed E-state index contributed by atoms with van der Waals surface area (Å²) in [6, 6.07) is 5.88. The molecule has 1 aliphatic rings. The Hall–Kier alpha value is -2.11. The van der Waals surface area contributed by atoms with Crippen LogP contribution in [0.1, 0.15) is 18.4 Å². The number of hydrogen-bond acceptors (Lipinski definition) is 2. The first kappa shape index (κ1) is 15.3. The molecule has 0 spiro atoms. The largest absolute Gasteiger partial charge is 0.481 e. The van der Waals surface area contributed by atoms with Gasteiger partial charge >= 0.3 is 12.0 Å². The zero-order valence-electron chi connectivity index (χ0n) is 12.0. The van der Waals surface area contributed by atoms with E-state index in [4.69, 9.17) is 5.11 Å². The van der Waals surface area contributed by atoms with Crippen LogP contribution in [0, 0.1) is 11.7 Å². The van der Waals surface area contributed by atoms with E-state index in [1.54, 1.807) is 24.1 Å². The lowest BCUT2D eigenvalue weighted by Crippen LogP contribution is -2.47. The summed E-state index contributed by atoms with van der Waals surface area (Å²) in [5.74, 6) is -1.69. The van der Waals surface area contributed by atoms with E-state index in [0.29, 0.717) is 31.5 Å². The van der Waals surface area contributed by atoms with E-state index >= 15 is 0 Å². The minimum absolute atomic E-state index is 0.217. The summed E-state index contributed by atoms with van der Waals surface area (Å²) in [7, 11) is 1.64. The molecule has 0 bridgehead atoms. The monoisotopic (exact) mass is 294 g/mol. The molecular weight excluding hydrogens is 275 g/mol. The van der Waals surface area contributed by atoms with Gasteiger partial charge in [0.25, 0.3) is 0 Å². The molecule has 0 aliphatic carbocycles. The quantitative estimate of drug-likeness (QED) is 0.929. The van der Waals surface area contributed by atoms with Crippen LogP contribution in [0.2, 0.25) is 0 Å². The second kappa shape index (κ2) is 6.56. The van der Waals surface area contributed by atoms with E-state index in [1.807, 2.05) is 0 Å². The predicted molar refractivity (Wildman–Crippen MR) is 75.2 cm³/mol. The molecule has 1 fully saturated rings. The number of carboxylic acids is 1. The average Bonchev–Trinajstić information content (AvgIpc) is 2.46. The Bertz CT molecular complexity index is 535. The zero-order valence-corrected chi connectivity index (χ0v) is 12.0. The third kappa shape index (κ3) is 3.93. The number of piperidine rings is 1. The summed E-state index contributed by atoms with van der Waals surface area (Å²) in [5, 5.41) is 9.05. The maximum absolute atomic E-state index is 13.1. The maximum atomic E-state index is 13.1. The van der Waals surface area contributed by atoms with Gasteiger partial charge in [-0.3, -0.25) is 4.79 Å². The van der Waals surface area contributed by atoms with Crippen molar-refractivity contribution >= 4 is 12.0 Å². The topological polar surface area (TPSA) is 60.9 Å². The van der Waals surface area contributed by atoms with Crippen molar-refractivity contribution < 1.29 is 19.1 Å². The summed E-state index contributed by atoms with van der Waals surface area (Å²) in [6.07, 6.45) is 1.29. The number of carbonyl (C=O) groups excluding carboxylic acids is 1. The number of carbonyl (C=O) groups is 2. The van der Waals surface area contributed by atoms with Crippen molar-refractivity contribution in [2.75, 3.05) is 20.1 Å². The molecule has 21 heavy (non-hydrogen) atoms. The minimum Gasteiger partial charge on any atom is -0.481 e. The number of urea groups is 1. The summed E-state index contributed by atoms with van der Waals surface area (Å²) in [5.41, 5.74) is 0.706. The third-order valence-corrected chi connectivity index (χ3v) is 3.68. The van der Waals surface area contributed by atoms with Crippen molar-refractivity contribution in [3.63, 3.8) is 0 Å². The van der Waals surface area contributed by atoms with Gasteiger partial charge in [-0.25, -0.2) is 9.18 Å². The van der Waals surface area contributed by atoms with Crippen LogP contribution in [0.15, 0.2) is 24.3 Å². The highest BCUT2D eigenvalue weighted by Crippen LogP contribution is 2.18. The van der Waals surface area contributed by atoms with Crippen LogP contribution >= 0.6 is 0 Å². The van der Waals surface area contributed by atoms with Crippen molar-refractivity contribution in [2.24, 2.45) is 5.92 Å². The molecule has 1 saturated heterocycles. The molecule has 1 aliphatic heterocycles. The number of hydrogen-bond donors (Lipinski definition) is 1. The first-order chi connectivity index (χ1) is 9.97. The van der Waals surface area contributed by atoms with E-state index in [2.05, 4.69) is 0 Å². The Morgan fingerprint density at radius 1 is 1.48 bits per heavy atom. The van der Waals surface area contributed by atoms with Gasteiger partial charge in [0, 0.05) is 26.7 Å². The van der Waals surface area contributed by atoms with Gasteiger partial charge in [0.15, 0.2) is 0 Å². The van der Waals surface area contributed by atoms with Crippen molar-refractivity contribution in [2.45, 2.75) is 19.4 Å². The van der Waals surface area contributed by atoms with Crippen LogP contribution in [-0.2, 0) is 11.3 Å². The standard InChI is InChI=1S/C15H19FN2O3/c1-17(9-11-4-2-6-13(16)8-11)15(21)18-7-3-5-12(10-18)14(19)20/h2,4,6,8,12H,3,5,7,9-10H2,1H3,(H,19,20)/t12-/m0/s1. The molecule has 2 rings (SSSR count). The van der Waals surface area contributed by atoms with Crippen LogP contribution in [0.25, 0.3) is 0 Å². The SMILES string of the molecule is CN(Cc1cccc(F)c1)C(=O)N1CCC[C@H](C(=O)O)C1. The number of benzene rings is 1. The number of carboxylic acid groups (broad SMARTS) is 1. The number of amides is 2. The van der Waals surface area contributed by atoms with Gasteiger partial charge < -0.3 is 14.9 Å². The second-order valence-electron chi connectivity index (χ2n) is 5.39. The Kier molecular flexibility index (Phi) is 4.77. The highest BCUT2D eigenvalue weighted by Gasteiger charge is 2.29. The molecule has 0 saturated carbocycles. The number of rotatable bonds is 3. The smallest absolute Gasteiger partial charge is 0.320 e. The molecule has 114 valence electrons. The molecule has 1 atom stereocenters. The molecule has 6 heteroatoms. The first-order valence-corrected chi connectivity index (χ1v) is 6.94. The van der Waals surface area contributed by atoms with Crippen molar-refractivity contribution in [3.05, 3.63) is 35.6 Å². The average molecular weight is 294 g/mol. The van der Waals surface area contributed by atoms with Crippen LogP contribution in [0.3, 0.4) is 0 Å². The summed E-state index contributed by atoms with van der Waals surface area (Å²) in [6.45, 7) is 1.10. The number of likely N-dealkylation sites (tertiary alicyclic amines) is 1. The van der Waals surface area contributed by atoms with Gasteiger partial charge in [-0.15, -0.1) is 0 Å². The highest BCUT2D eigenvalue weighted by molar-refractivity contribution is 5.76. The van der Waals surface area contributed by atoms with Gasteiger partial charge in [-0.1, -0.05) is 12.1 Å². The fourth-order valence-corrected chi connectivity index (χ4v) is 2.57.